The molecule has 0 bridgehead atoms. The molecule has 0 unspecified atom stereocenters. The van der Waals surface area contributed by atoms with Crippen LogP contribution in [0.25, 0.3) is 11.5 Å². The number of hydrogen-bond donors (Lipinski definition) is 1. The van der Waals surface area contributed by atoms with Crippen molar-refractivity contribution in [1.82, 2.24) is 0 Å². The molecule has 4 nitrogen and oxygen atoms in total. The van der Waals surface area contributed by atoms with Crippen LogP contribution in [0.4, 0.5) is 5.82 Å². The molecule has 1 saturated carbocycles. The summed E-state index contributed by atoms with van der Waals surface area (Å²) in [5, 5.41) is 13.4. The summed E-state index contributed by atoms with van der Waals surface area (Å²) in [6.07, 6.45) is 12.3. The van der Waals surface area contributed by atoms with Crippen molar-refractivity contribution in [2.45, 2.75) is 63.8 Å². The van der Waals surface area contributed by atoms with E-state index < -0.39 is 0 Å². The first-order valence-electron chi connectivity index (χ1n) is 9.18. The largest absolute Gasteiger partial charge is 0.461 e. The maximum absolute atomic E-state index is 9.79. The van der Waals surface area contributed by atoms with Crippen LogP contribution in [0.1, 0.15) is 61.6 Å². The predicted octanol–water partition coefficient (Wildman–Crippen LogP) is 4.26. The predicted molar refractivity (Wildman–Crippen MR) is 92.6 cm³/mol. The summed E-state index contributed by atoms with van der Waals surface area (Å²) in [5.41, 5.74) is 4.34. The lowest BCUT2D eigenvalue weighted by molar-refractivity contribution is -0.350. The fourth-order valence-electron chi connectivity index (χ4n) is 4.18. The fraction of sp³-hybridized carbons (Fsp3) is 0.500. The van der Waals surface area contributed by atoms with E-state index in [1.165, 1.54) is 49.7 Å². The Bertz CT molecular complexity index is 752. The smallest absolute Gasteiger partial charge is 0.291 e. The molecule has 2 aromatic rings. The number of nitrogens with zero attached hydrogens (tertiary/aromatic N) is 1. The third kappa shape index (κ3) is 2.80. The van der Waals surface area contributed by atoms with Gasteiger partial charge in [0.1, 0.15) is 11.6 Å². The Labute approximate surface area is 142 Å². The monoisotopic (exact) mass is 322 g/mol. The molecule has 1 fully saturated rings. The Morgan fingerprint density at radius 3 is 2.58 bits per heavy atom. The van der Waals surface area contributed by atoms with Gasteiger partial charge in [0.25, 0.3) is 5.82 Å². The van der Waals surface area contributed by atoms with Crippen molar-refractivity contribution in [3.8, 4) is 17.5 Å². The number of pyridine rings is 1. The number of aromatic nitrogens is 1. The molecule has 2 aliphatic rings. The number of hydrogen-bond acceptors (Lipinski definition) is 3. The van der Waals surface area contributed by atoms with Gasteiger partial charge in [0, 0.05) is 5.56 Å². The van der Waals surface area contributed by atoms with Gasteiger partial charge in [-0.15, -0.1) is 0 Å². The first kappa shape index (κ1) is 15.3. The zero-order chi connectivity index (χ0) is 16.4. The van der Waals surface area contributed by atoms with Crippen molar-refractivity contribution in [1.29, 1.82) is 5.26 Å². The van der Waals surface area contributed by atoms with E-state index >= 15 is 0 Å². The van der Waals surface area contributed by atoms with Crippen LogP contribution in [0.15, 0.2) is 22.8 Å². The van der Waals surface area contributed by atoms with Crippen molar-refractivity contribution < 1.29 is 9.40 Å². The van der Waals surface area contributed by atoms with Gasteiger partial charge >= 0.3 is 0 Å². The maximum atomic E-state index is 9.79. The molecule has 4 rings (SSSR count). The van der Waals surface area contributed by atoms with Crippen LogP contribution < -0.4 is 10.3 Å². The van der Waals surface area contributed by atoms with Gasteiger partial charge in [0.15, 0.2) is 11.5 Å². The molecule has 0 aliphatic heterocycles. The van der Waals surface area contributed by atoms with E-state index in [2.05, 4.69) is 16.4 Å². The van der Waals surface area contributed by atoms with E-state index in [0.29, 0.717) is 6.04 Å². The van der Waals surface area contributed by atoms with Gasteiger partial charge in [-0.1, -0.05) is 6.42 Å². The van der Waals surface area contributed by atoms with Gasteiger partial charge in [-0.05, 0) is 69.1 Å². The molecule has 2 aliphatic carbocycles. The second-order valence-corrected chi connectivity index (χ2v) is 6.98. The molecule has 4 heteroatoms. The highest BCUT2D eigenvalue weighted by Crippen LogP contribution is 2.34. The molecule has 0 spiro atoms. The van der Waals surface area contributed by atoms with Crippen LogP contribution in [-0.2, 0) is 12.8 Å². The van der Waals surface area contributed by atoms with E-state index in [9.17, 15) is 5.26 Å². The fourth-order valence-corrected chi connectivity index (χ4v) is 4.18. The van der Waals surface area contributed by atoms with Gasteiger partial charge in [-0.2, -0.15) is 5.26 Å². The van der Waals surface area contributed by atoms with Crippen molar-refractivity contribution in [2.75, 3.05) is 5.32 Å². The van der Waals surface area contributed by atoms with Crippen LogP contribution >= 0.6 is 0 Å². The molecule has 0 radical (unpaired) electrons. The van der Waals surface area contributed by atoms with Gasteiger partial charge in [0.2, 0.25) is 0 Å². The summed E-state index contributed by atoms with van der Waals surface area (Å²) < 4.78 is 5.66. The van der Waals surface area contributed by atoms with Crippen LogP contribution in [-0.4, -0.2) is 6.04 Å². The molecule has 2 heterocycles. The Hall–Kier alpha value is -2.28. The van der Waals surface area contributed by atoms with Gasteiger partial charge in [0.05, 0.1) is 12.3 Å². The number of anilines is 1. The third-order valence-corrected chi connectivity index (χ3v) is 5.40. The van der Waals surface area contributed by atoms with E-state index in [0.717, 1.165) is 42.1 Å². The zero-order valence-corrected chi connectivity index (χ0v) is 14.0. The molecule has 2 aromatic heterocycles. The Kier molecular flexibility index (Phi) is 4.25. The van der Waals surface area contributed by atoms with Crippen LogP contribution in [0, 0.1) is 11.3 Å². The highest BCUT2D eigenvalue weighted by Gasteiger charge is 2.29. The van der Waals surface area contributed by atoms with E-state index in [1.54, 1.807) is 6.26 Å². The SMILES string of the molecule is N#Cc1c(NC2CCCCC2)[nH+]c(-c2ccco2)c2c1CCCC2. The van der Waals surface area contributed by atoms with Crippen molar-refractivity contribution in [3.05, 3.63) is 35.1 Å². The van der Waals surface area contributed by atoms with Crippen LogP contribution in [0.5, 0.6) is 0 Å². The van der Waals surface area contributed by atoms with Crippen molar-refractivity contribution in [2.24, 2.45) is 0 Å². The first-order chi connectivity index (χ1) is 11.9. The molecule has 0 atom stereocenters. The zero-order valence-electron chi connectivity index (χ0n) is 14.0. The van der Waals surface area contributed by atoms with E-state index in [4.69, 9.17) is 4.42 Å². The number of nitrogens with one attached hydrogen (secondary N) is 2. The quantitative estimate of drug-likeness (QED) is 0.918. The summed E-state index contributed by atoms with van der Waals surface area (Å²) in [5.74, 6) is 1.75. The van der Waals surface area contributed by atoms with Gasteiger partial charge < -0.3 is 4.42 Å². The van der Waals surface area contributed by atoms with E-state index in [-0.39, 0.29) is 0 Å². The van der Waals surface area contributed by atoms with E-state index in [1.807, 2.05) is 12.1 Å². The minimum absolute atomic E-state index is 0.466. The average Bonchev–Trinajstić information content (AvgIpc) is 3.16. The number of nitriles is 1. The standard InChI is InChI=1S/C20H23N3O/c21-13-17-15-9-4-5-10-16(15)19(18-11-6-12-24-18)23-20(17)22-14-7-2-1-3-8-14/h6,11-12,14H,1-5,7-10H2,(H,22,23)/p+1. The summed E-state index contributed by atoms with van der Waals surface area (Å²) in [6, 6.07) is 6.85. The number of fused-ring (bicyclic) bond motifs is 1. The summed E-state index contributed by atoms with van der Waals surface area (Å²) in [4.78, 5) is 3.51. The number of rotatable bonds is 3. The lowest BCUT2D eigenvalue weighted by atomic mass is 9.87. The minimum atomic E-state index is 0.466. The topological polar surface area (TPSA) is 63.1 Å². The molecule has 0 aromatic carbocycles. The van der Waals surface area contributed by atoms with Crippen LogP contribution in [0.3, 0.4) is 0 Å². The number of furan rings is 1. The molecular formula is C20H24N3O+. The highest BCUT2D eigenvalue weighted by atomic mass is 16.3. The van der Waals surface area contributed by atoms with Crippen molar-refractivity contribution in [3.63, 3.8) is 0 Å². The normalized spacial score (nSPS) is 18.0. The molecular weight excluding hydrogens is 298 g/mol. The number of aromatic amines is 1. The molecule has 0 amide bonds. The van der Waals surface area contributed by atoms with Crippen LogP contribution in [0.2, 0.25) is 0 Å². The third-order valence-electron chi connectivity index (χ3n) is 5.40. The lowest BCUT2D eigenvalue weighted by Crippen LogP contribution is -2.30. The van der Waals surface area contributed by atoms with Gasteiger partial charge in [-0.3, -0.25) is 5.32 Å². The Morgan fingerprint density at radius 1 is 1.08 bits per heavy atom. The highest BCUT2D eigenvalue weighted by molar-refractivity contribution is 5.65. The van der Waals surface area contributed by atoms with Crippen molar-refractivity contribution >= 4 is 5.82 Å². The second kappa shape index (κ2) is 6.68. The summed E-state index contributed by atoms with van der Waals surface area (Å²) >= 11 is 0. The molecule has 124 valence electrons. The molecule has 0 saturated heterocycles. The first-order valence-corrected chi connectivity index (χ1v) is 9.18. The lowest BCUT2D eigenvalue weighted by Gasteiger charge is -2.22. The molecule has 2 N–H and O–H groups in total. The summed E-state index contributed by atoms with van der Waals surface area (Å²) in [6.45, 7) is 0. The Morgan fingerprint density at radius 2 is 1.88 bits per heavy atom. The van der Waals surface area contributed by atoms with Gasteiger partial charge in [-0.25, -0.2) is 4.98 Å². The average molecular weight is 322 g/mol. The maximum Gasteiger partial charge on any atom is 0.291 e. The molecule has 24 heavy (non-hydrogen) atoms. The number of H-pyrrole nitrogens is 1. The summed E-state index contributed by atoms with van der Waals surface area (Å²) in [7, 11) is 0. The Balaban J connectivity index is 1.80. The minimum Gasteiger partial charge on any atom is -0.461 e. The second-order valence-electron chi connectivity index (χ2n) is 6.98.